The van der Waals surface area contributed by atoms with Crippen molar-refractivity contribution in [2.24, 2.45) is 10.9 Å². The normalized spacial score (nSPS) is 19.4. The van der Waals surface area contributed by atoms with E-state index in [1.165, 1.54) is 5.56 Å². The minimum absolute atomic E-state index is 0.0183. The summed E-state index contributed by atoms with van der Waals surface area (Å²) in [7, 11) is 0. The number of guanidine groups is 1. The van der Waals surface area contributed by atoms with E-state index in [0.29, 0.717) is 39.3 Å². The van der Waals surface area contributed by atoms with Crippen molar-refractivity contribution in [3.05, 3.63) is 71.8 Å². The summed E-state index contributed by atoms with van der Waals surface area (Å²) >= 11 is 0. The fourth-order valence-electron chi connectivity index (χ4n) is 5.13. The Morgan fingerprint density at radius 2 is 1.55 bits per heavy atom. The molecule has 0 radical (unpaired) electrons. The summed E-state index contributed by atoms with van der Waals surface area (Å²) < 4.78 is 0. The van der Waals surface area contributed by atoms with E-state index >= 15 is 0 Å². The number of benzene rings is 2. The Labute approximate surface area is 197 Å². The first-order valence-electron chi connectivity index (χ1n) is 12.3. The summed E-state index contributed by atoms with van der Waals surface area (Å²) in [5.41, 5.74) is 0.493. The summed E-state index contributed by atoms with van der Waals surface area (Å²) in [5.74, 6) is 0.712. The zero-order chi connectivity index (χ0) is 23.1. The van der Waals surface area contributed by atoms with Gasteiger partial charge in [-0.3, -0.25) is 9.79 Å². The van der Waals surface area contributed by atoms with Gasteiger partial charge in [-0.2, -0.15) is 0 Å². The number of aliphatic hydroxyl groups is 1. The largest absolute Gasteiger partial charge is 0.375 e. The molecule has 0 spiro atoms. The molecule has 0 unspecified atom stereocenters. The highest BCUT2D eigenvalue weighted by atomic mass is 16.3. The maximum atomic E-state index is 13.7. The molecule has 1 saturated heterocycles. The number of carbonyl (C=O) groups is 1. The van der Waals surface area contributed by atoms with Crippen molar-refractivity contribution >= 4 is 11.9 Å². The van der Waals surface area contributed by atoms with E-state index in [4.69, 9.17) is 0 Å². The topological polar surface area (TPSA) is 68.2 Å². The molecular formula is C27H36N4O2. The van der Waals surface area contributed by atoms with Crippen molar-refractivity contribution in [2.45, 2.75) is 44.8 Å². The highest BCUT2D eigenvalue weighted by Crippen LogP contribution is 2.42. The lowest BCUT2D eigenvalue weighted by Gasteiger charge is -2.42. The molecule has 176 valence electrons. The number of amides is 1. The second-order valence-corrected chi connectivity index (χ2v) is 9.03. The number of rotatable bonds is 6. The highest BCUT2D eigenvalue weighted by molar-refractivity contribution is 5.87. The number of hydrogen-bond donors (Lipinski definition) is 2. The molecule has 2 aliphatic rings. The summed E-state index contributed by atoms with van der Waals surface area (Å²) in [6.45, 7) is 6.00. The zero-order valence-corrected chi connectivity index (χ0v) is 19.6. The van der Waals surface area contributed by atoms with Gasteiger partial charge in [0, 0.05) is 45.2 Å². The third-order valence-electron chi connectivity index (χ3n) is 6.95. The second-order valence-electron chi connectivity index (χ2n) is 9.03. The molecule has 1 heterocycles. The summed E-state index contributed by atoms with van der Waals surface area (Å²) in [5, 5.41) is 15.3. The molecule has 2 fully saturated rings. The van der Waals surface area contributed by atoms with E-state index < -0.39 is 5.60 Å². The van der Waals surface area contributed by atoms with Crippen LogP contribution in [0.3, 0.4) is 0 Å². The van der Waals surface area contributed by atoms with Crippen LogP contribution in [0.1, 0.15) is 43.7 Å². The Morgan fingerprint density at radius 3 is 2.15 bits per heavy atom. The Hall–Kier alpha value is -2.86. The van der Waals surface area contributed by atoms with Crippen molar-refractivity contribution < 1.29 is 9.90 Å². The molecule has 4 rings (SSSR count). The molecule has 0 bridgehead atoms. The molecule has 33 heavy (non-hydrogen) atoms. The van der Waals surface area contributed by atoms with E-state index in [9.17, 15) is 9.90 Å². The number of aliphatic imine (C=N–C) groups is 1. The average molecular weight is 449 g/mol. The van der Waals surface area contributed by atoms with Crippen LogP contribution in [0, 0.1) is 5.92 Å². The maximum Gasteiger partial charge on any atom is 0.259 e. The van der Waals surface area contributed by atoms with Crippen LogP contribution in [0.15, 0.2) is 65.7 Å². The van der Waals surface area contributed by atoms with E-state index in [-0.39, 0.29) is 11.8 Å². The van der Waals surface area contributed by atoms with Crippen LogP contribution in [0.25, 0.3) is 0 Å². The smallest absolute Gasteiger partial charge is 0.259 e. The van der Waals surface area contributed by atoms with E-state index in [1.54, 1.807) is 0 Å². The molecule has 2 aromatic carbocycles. The molecule has 2 N–H and O–H groups in total. The maximum absolute atomic E-state index is 13.7. The standard InChI is InChI=1S/C27H36N4O2/c1-2-28-26(29-21-22-11-5-3-6-12-22)31-19-17-30(18-20-31)25(32)27(33,24-15-9-10-16-24)23-13-7-4-8-14-23/h3-8,11-14,24,33H,2,9-10,15-21H2,1H3,(H,28,29)/t27-/m0/s1. The van der Waals surface area contributed by atoms with Crippen LogP contribution < -0.4 is 5.32 Å². The van der Waals surface area contributed by atoms with Gasteiger partial charge in [0.2, 0.25) is 0 Å². The summed E-state index contributed by atoms with van der Waals surface area (Å²) in [4.78, 5) is 22.5. The van der Waals surface area contributed by atoms with E-state index in [2.05, 4.69) is 27.3 Å². The van der Waals surface area contributed by atoms with Gasteiger partial charge in [0.1, 0.15) is 0 Å². The van der Waals surface area contributed by atoms with Crippen molar-refractivity contribution in [1.29, 1.82) is 0 Å². The van der Waals surface area contributed by atoms with Gasteiger partial charge in [0.05, 0.1) is 0 Å². The minimum atomic E-state index is -1.44. The van der Waals surface area contributed by atoms with Gasteiger partial charge < -0.3 is 20.2 Å². The van der Waals surface area contributed by atoms with Crippen LogP contribution in [-0.2, 0) is 16.9 Å². The fraction of sp³-hybridized carbons (Fsp3) is 0.481. The van der Waals surface area contributed by atoms with Gasteiger partial charge >= 0.3 is 0 Å². The van der Waals surface area contributed by atoms with Crippen LogP contribution in [0.2, 0.25) is 0 Å². The second kappa shape index (κ2) is 10.8. The lowest BCUT2D eigenvalue weighted by atomic mass is 9.79. The molecule has 6 nitrogen and oxygen atoms in total. The Bertz CT molecular complexity index is 920. The summed E-state index contributed by atoms with van der Waals surface area (Å²) in [6, 6.07) is 19.8. The van der Waals surface area contributed by atoms with Crippen LogP contribution in [0.5, 0.6) is 0 Å². The molecule has 1 amide bonds. The Morgan fingerprint density at radius 1 is 0.970 bits per heavy atom. The first-order valence-corrected chi connectivity index (χ1v) is 12.3. The van der Waals surface area contributed by atoms with Gasteiger partial charge in [-0.15, -0.1) is 0 Å². The molecule has 1 atom stereocenters. The number of nitrogens with one attached hydrogen (secondary N) is 1. The molecule has 1 aliphatic heterocycles. The monoisotopic (exact) mass is 448 g/mol. The summed E-state index contributed by atoms with van der Waals surface area (Å²) in [6.07, 6.45) is 3.94. The van der Waals surface area contributed by atoms with Crippen LogP contribution in [-0.4, -0.2) is 59.5 Å². The van der Waals surface area contributed by atoms with Crippen LogP contribution >= 0.6 is 0 Å². The third kappa shape index (κ3) is 5.22. The number of nitrogens with zero attached hydrogens (tertiary/aromatic N) is 3. The third-order valence-corrected chi connectivity index (χ3v) is 6.95. The molecule has 1 aliphatic carbocycles. The predicted octanol–water partition coefficient (Wildman–Crippen LogP) is 3.37. The molecule has 2 aromatic rings. The van der Waals surface area contributed by atoms with E-state index in [0.717, 1.165) is 37.2 Å². The van der Waals surface area contributed by atoms with Crippen molar-refractivity contribution in [3.63, 3.8) is 0 Å². The highest BCUT2D eigenvalue weighted by Gasteiger charge is 2.48. The van der Waals surface area contributed by atoms with Gasteiger partial charge in [-0.25, -0.2) is 0 Å². The van der Waals surface area contributed by atoms with Gasteiger partial charge in [0.25, 0.3) is 5.91 Å². The number of piperazine rings is 1. The SMILES string of the molecule is CC/N=C(\NCc1ccccc1)N1CCN(C(=O)[C@](O)(c2ccccc2)C2CCCC2)CC1. The first-order chi connectivity index (χ1) is 16.1. The number of carbonyl (C=O) groups excluding carboxylic acids is 1. The predicted molar refractivity (Wildman–Crippen MR) is 132 cm³/mol. The van der Waals surface area contributed by atoms with Gasteiger partial charge in [-0.1, -0.05) is 73.5 Å². The Balaban J connectivity index is 1.43. The van der Waals surface area contributed by atoms with Crippen molar-refractivity contribution in [2.75, 3.05) is 32.7 Å². The lowest BCUT2D eigenvalue weighted by molar-refractivity contribution is -0.160. The van der Waals surface area contributed by atoms with Gasteiger partial charge in [0.15, 0.2) is 11.6 Å². The van der Waals surface area contributed by atoms with Gasteiger partial charge in [-0.05, 0) is 30.9 Å². The lowest BCUT2D eigenvalue weighted by Crippen LogP contribution is -2.58. The van der Waals surface area contributed by atoms with Crippen molar-refractivity contribution in [1.82, 2.24) is 15.1 Å². The average Bonchev–Trinajstić information content (AvgIpc) is 3.43. The molecule has 1 saturated carbocycles. The first kappa shape index (κ1) is 23.3. The fourth-order valence-corrected chi connectivity index (χ4v) is 5.13. The number of hydrogen-bond acceptors (Lipinski definition) is 3. The van der Waals surface area contributed by atoms with Crippen LogP contribution in [0.4, 0.5) is 0 Å². The Kier molecular flexibility index (Phi) is 7.65. The van der Waals surface area contributed by atoms with E-state index in [1.807, 2.05) is 60.4 Å². The molecule has 6 heteroatoms. The zero-order valence-electron chi connectivity index (χ0n) is 19.6. The quantitative estimate of drug-likeness (QED) is 0.525. The molecular weight excluding hydrogens is 412 g/mol. The molecule has 0 aromatic heterocycles. The minimum Gasteiger partial charge on any atom is -0.375 e. The van der Waals surface area contributed by atoms with Crippen molar-refractivity contribution in [3.8, 4) is 0 Å².